The molecular formula is C14H19FO3. The number of aliphatic hydroxyl groups excluding tert-OH is 1. The molecular weight excluding hydrogens is 235 g/mol. The maximum absolute atomic E-state index is 14.3. The van der Waals surface area contributed by atoms with Crippen molar-refractivity contribution in [1.82, 2.24) is 0 Å². The number of halogens is 1. The van der Waals surface area contributed by atoms with Crippen LogP contribution in [0.15, 0.2) is 12.1 Å². The van der Waals surface area contributed by atoms with Crippen LogP contribution in [0.4, 0.5) is 4.39 Å². The van der Waals surface area contributed by atoms with Crippen LogP contribution in [0, 0.1) is 0 Å². The van der Waals surface area contributed by atoms with E-state index in [1.807, 2.05) is 6.92 Å². The second-order valence-electron chi connectivity index (χ2n) is 5.14. The summed E-state index contributed by atoms with van der Waals surface area (Å²) in [6.45, 7) is 5.83. The van der Waals surface area contributed by atoms with Gasteiger partial charge in [-0.2, -0.15) is 0 Å². The number of rotatable bonds is 3. The van der Waals surface area contributed by atoms with Gasteiger partial charge in [-0.15, -0.1) is 0 Å². The Balaban J connectivity index is 2.54. The topological polar surface area (TPSA) is 38.7 Å². The molecule has 1 unspecified atom stereocenters. The first-order chi connectivity index (χ1) is 8.43. The zero-order chi connectivity index (χ0) is 13.3. The normalized spacial score (nSPS) is 16.5. The maximum atomic E-state index is 14.3. The summed E-state index contributed by atoms with van der Waals surface area (Å²) in [7, 11) is 0. The molecule has 0 fully saturated rings. The molecule has 0 aromatic heterocycles. The van der Waals surface area contributed by atoms with Crippen LogP contribution >= 0.6 is 0 Å². The van der Waals surface area contributed by atoms with E-state index in [1.54, 1.807) is 12.1 Å². The molecule has 0 spiro atoms. The standard InChI is InChI=1S/C14H19FO3/c1-9(8-16)10-6-12-13(18-5-4-17-12)7-11(10)14(2,3)15/h6-7,9,16H,4-5,8H2,1-3H3. The average Bonchev–Trinajstić information content (AvgIpc) is 2.35. The summed E-state index contributed by atoms with van der Waals surface area (Å²) in [4.78, 5) is 0. The predicted molar refractivity (Wildman–Crippen MR) is 67.1 cm³/mol. The Morgan fingerprint density at radius 3 is 2.33 bits per heavy atom. The molecule has 100 valence electrons. The second-order valence-corrected chi connectivity index (χ2v) is 5.14. The smallest absolute Gasteiger partial charge is 0.161 e. The van der Waals surface area contributed by atoms with Crippen molar-refractivity contribution in [3.63, 3.8) is 0 Å². The van der Waals surface area contributed by atoms with Gasteiger partial charge in [0.1, 0.15) is 18.9 Å². The summed E-state index contributed by atoms with van der Waals surface area (Å²) in [6, 6.07) is 3.47. The highest BCUT2D eigenvalue weighted by Crippen LogP contribution is 2.40. The van der Waals surface area contributed by atoms with E-state index in [1.165, 1.54) is 13.8 Å². The summed E-state index contributed by atoms with van der Waals surface area (Å²) in [5.41, 5.74) is -0.156. The Morgan fingerprint density at radius 2 is 1.83 bits per heavy atom. The van der Waals surface area contributed by atoms with Crippen LogP contribution in [-0.4, -0.2) is 24.9 Å². The minimum Gasteiger partial charge on any atom is -0.486 e. The van der Waals surface area contributed by atoms with E-state index in [0.29, 0.717) is 30.3 Å². The molecule has 4 heteroatoms. The first-order valence-corrected chi connectivity index (χ1v) is 6.17. The van der Waals surface area contributed by atoms with Crippen molar-refractivity contribution >= 4 is 0 Å². The van der Waals surface area contributed by atoms with Crippen LogP contribution in [0.5, 0.6) is 11.5 Å². The lowest BCUT2D eigenvalue weighted by Crippen LogP contribution is -2.20. The Hall–Kier alpha value is -1.29. The molecule has 1 N–H and O–H groups in total. The first kappa shape index (κ1) is 13.1. The van der Waals surface area contributed by atoms with E-state index < -0.39 is 5.67 Å². The van der Waals surface area contributed by atoms with Gasteiger partial charge >= 0.3 is 0 Å². The maximum Gasteiger partial charge on any atom is 0.161 e. The minimum absolute atomic E-state index is 0.0251. The predicted octanol–water partition coefficient (Wildman–Crippen LogP) is 2.76. The van der Waals surface area contributed by atoms with Gasteiger partial charge < -0.3 is 14.6 Å². The van der Waals surface area contributed by atoms with Crippen molar-refractivity contribution in [3.8, 4) is 11.5 Å². The number of aliphatic hydroxyl groups is 1. The number of benzene rings is 1. The lowest BCUT2D eigenvalue weighted by Gasteiger charge is -2.26. The summed E-state index contributed by atoms with van der Waals surface area (Å²) in [5.74, 6) is 1.08. The molecule has 1 aromatic carbocycles. The molecule has 0 saturated carbocycles. The third kappa shape index (κ3) is 2.43. The van der Waals surface area contributed by atoms with Gasteiger partial charge in [-0.25, -0.2) is 4.39 Å². The molecule has 1 heterocycles. The van der Waals surface area contributed by atoms with Crippen molar-refractivity contribution in [2.75, 3.05) is 19.8 Å². The Morgan fingerprint density at radius 1 is 1.28 bits per heavy atom. The average molecular weight is 254 g/mol. The van der Waals surface area contributed by atoms with E-state index in [2.05, 4.69) is 0 Å². The third-order valence-electron chi connectivity index (χ3n) is 3.16. The highest BCUT2D eigenvalue weighted by Gasteiger charge is 2.28. The van der Waals surface area contributed by atoms with E-state index in [9.17, 15) is 9.50 Å². The van der Waals surface area contributed by atoms with Crippen LogP contribution in [0.1, 0.15) is 37.8 Å². The van der Waals surface area contributed by atoms with E-state index >= 15 is 0 Å². The Labute approximate surface area is 107 Å². The molecule has 1 aromatic rings. The highest BCUT2D eigenvalue weighted by atomic mass is 19.1. The number of alkyl halides is 1. The fraction of sp³-hybridized carbons (Fsp3) is 0.571. The van der Waals surface area contributed by atoms with E-state index in [-0.39, 0.29) is 12.5 Å². The van der Waals surface area contributed by atoms with Gasteiger partial charge in [-0.1, -0.05) is 6.92 Å². The van der Waals surface area contributed by atoms with Crippen molar-refractivity contribution < 1.29 is 19.0 Å². The zero-order valence-corrected chi connectivity index (χ0v) is 11.0. The Kier molecular flexibility index (Phi) is 3.48. The number of hydrogen-bond donors (Lipinski definition) is 1. The van der Waals surface area contributed by atoms with Crippen molar-refractivity contribution in [1.29, 1.82) is 0 Å². The zero-order valence-electron chi connectivity index (χ0n) is 11.0. The first-order valence-electron chi connectivity index (χ1n) is 6.17. The Bertz CT molecular complexity index is 437. The van der Waals surface area contributed by atoms with Gasteiger partial charge in [0.15, 0.2) is 11.5 Å². The lowest BCUT2D eigenvalue weighted by atomic mass is 9.88. The number of hydrogen-bond acceptors (Lipinski definition) is 3. The monoisotopic (exact) mass is 254 g/mol. The molecule has 0 saturated heterocycles. The lowest BCUT2D eigenvalue weighted by molar-refractivity contribution is 0.167. The third-order valence-corrected chi connectivity index (χ3v) is 3.16. The minimum atomic E-state index is -1.48. The molecule has 18 heavy (non-hydrogen) atoms. The second kappa shape index (κ2) is 4.76. The number of fused-ring (bicyclic) bond motifs is 1. The molecule has 0 amide bonds. The molecule has 0 aliphatic carbocycles. The molecule has 1 aliphatic rings. The summed E-state index contributed by atoms with van der Waals surface area (Å²) in [5, 5.41) is 9.29. The largest absolute Gasteiger partial charge is 0.486 e. The summed E-state index contributed by atoms with van der Waals surface area (Å²) in [6.07, 6.45) is 0. The highest BCUT2D eigenvalue weighted by molar-refractivity contribution is 5.50. The van der Waals surface area contributed by atoms with Gasteiger partial charge in [0.05, 0.1) is 0 Å². The van der Waals surface area contributed by atoms with Gasteiger partial charge in [0.2, 0.25) is 0 Å². The van der Waals surface area contributed by atoms with E-state index in [0.717, 1.165) is 5.56 Å². The van der Waals surface area contributed by atoms with Crippen LogP contribution in [0.2, 0.25) is 0 Å². The molecule has 1 aliphatic heterocycles. The van der Waals surface area contributed by atoms with Gasteiger partial charge in [-0.05, 0) is 37.1 Å². The molecule has 1 atom stereocenters. The fourth-order valence-electron chi connectivity index (χ4n) is 2.13. The van der Waals surface area contributed by atoms with Crippen molar-refractivity contribution in [2.24, 2.45) is 0 Å². The quantitative estimate of drug-likeness (QED) is 0.901. The van der Waals surface area contributed by atoms with Crippen LogP contribution in [0.25, 0.3) is 0 Å². The van der Waals surface area contributed by atoms with Gasteiger partial charge in [0.25, 0.3) is 0 Å². The van der Waals surface area contributed by atoms with Crippen LogP contribution in [-0.2, 0) is 5.67 Å². The summed E-state index contributed by atoms with van der Waals surface area (Å²) >= 11 is 0. The molecule has 2 rings (SSSR count). The molecule has 3 nitrogen and oxygen atoms in total. The fourth-order valence-corrected chi connectivity index (χ4v) is 2.13. The van der Waals surface area contributed by atoms with E-state index in [4.69, 9.17) is 9.47 Å². The van der Waals surface area contributed by atoms with Gasteiger partial charge in [-0.3, -0.25) is 0 Å². The molecule has 0 radical (unpaired) electrons. The number of ether oxygens (including phenoxy) is 2. The van der Waals surface area contributed by atoms with Gasteiger partial charge in [0, 0.05) is 12.5 Å². The van der Waals surface area contributed by atoms with Crippen molar-refractivity contribution in [2.45, 2.75) is 32.4 Å². The van der Waals surface area contributed by atoms with Crippen molar-refractivity contribution in [3.05, 3.63) is 23.3 Å². The SMILES string of the molecule is CC(CO)c1cc2c(cc1C(C)(C)F)OCCO2. The van der Waals surface area contributed by atoms with Crippen LogP contribution in [0.3, 0.4) is 0 Å². The molecule has 0 bridgehead atoms. The summed E-state index contributed by atoms with van der Waals surface area (Å²) < 4.78 is 25.2. The van der Waals surface area contributed by atoms with Crippen LogP contribution < -0.4 is 9.47 Å².